The van der Waals surface area contributed by atoms with Crippen LogP contribution in [-0.4, -0.2) is 55.8 Å². The minimum atomic E-state index is -3.91. The van der Waals surface area contributed by atoms with E-state index in [1.165, 1.54) is 24.0 Å². The lowest BCUT2D eigenvalue weighted by Gasteiger charge is -2.33. The zero-order chi connectivity index (χ0) is 28.0. The quantitative estimate of drug-likeness (QED) is 0.405. The molecule has 0 aliphatic heterocycles. The maximum absolute atomic E-state index is 13.7. The van der Waals surface area contributed by atoms with Gasteiger partial charge in [-0.15, -0.1) is 0 Å². The molecule has 1 unspecified atom stereocenters. The fraction of sp³-hybridized carbons (Fsp3) is 0.444. The number of benzene rings is 2. The van der Waals surface area contributed by atoms with Gasteiger partial charge in [-0.2, -0.15) is 0 Å². The van der Waals surface area contributed by atoms with Gasteiger partial charge in [0.15, 0.2) is 5.78 Å². The van der Waals surface area contributed by atoms with E-state index in [2.05, 4.69) is 5.32 Å². The van der Waals surface area contributed by atoms with Gasteiger partial charge < -0.3 is 10.2 Å². The predicted octanol–water partition coefficient (Wildman–Crippen LogP) is 4.83. The number of rotatable bonds is 10. The molecule has 1 atom stereocenters. The molecule has 0 spiro atoms. The maximum atomic E-state index is 13.7. The molecule has 38 heavy (non-hydrogen) atoms. The van der Waals surface area contributed by atoms with E-state index >= 15 is 0 Å². The Kier molecular flexibility index (Phi) is 10.2. The number of anilines is 1. The van der Waals surface area contributed by atoms with E-state index in [4.69, 9.17) is 23.2 Å². The van der Waals surface area contributed by atoms with Crippen LogP contribution in [0.4, 0.5) is 5.69 Å². The van der Waals surface area contributed by atoms with Crippen LogP contribution in [0, 0.1) is 0 Å². The molecule has 2 aromatic rings. The second-order valence-corrected chi connectivity index (χ2v) is 12.4. The third-order valence-corrected chi connectivity index (χ3v) is 8.42. The number of carbonyl (C=O) groups is 3. The van der Waals surface area contributed by atoms with Crippen LogP contribution in [0.3, 0.4) is 0 Å². The summed E-state index contributed by atoms with van der Waals surface area (Å²) >= 11 is 12.4. The van der Waals surface area contributed by atoms with Crippen LogP contribution in [-0.2, 0) is 26.2 Å². The first-order valence-corrected chi connectivity index (χ1v) is 15.1. The summed E-state index contributed by atoms with van der Waals surface area (Å²) < 4.78 is 26.4. The topological polar surface area (TPSA) is 104 Å². The molecule has 0 bridgehead atoms. The zero-order valence-electron chi connectivity index (χ0n) is 21.7. The van der Waals surface area contributed by atoms with Gasteiger partial charge >= 0.3 is 0 Å². The average Bonchev–Trinajstić information content (AvgIpc) is 2.86. The van der Waals surface area contributed by atoms with E-state index in [1.807, 2.05) is 0 Å². The summed E-state index contributed by atoms with van der Waals surface area (Å²) in [6.07, 6.45) is 5.94. The Morgan fingerprint density at radius 1 is 1.05 bits per heavy atom. The molecule has 0 heterocycles. The second-order valence-electron chi connectivity index (χ2n) is 9.65. The highest BCUT2D eigenvalue weighted by atomic mass is 35.5. The summed E-state index contributed by atoms with van der Waals surface area (Å²) in [6, 6.07) is 10.1. The zero-order valence-corrected chi connectivity index (χ0v) is 24.1. The Hall–Kier alpha value is -2.62. The van der Waals surface area contributed by atoms with Gasteiger partial charge in [-0.25, -0.2) is 8.42 Å². The van der Waals surface area contributed by atoms with Gasteiger partial charge in [0.25, 0.3) is 0 Å². The summed E-state index contributed by atoms with van der Waals surface area (Å²) in [4.78, 5) is 40.1. The van der Waals surface area contributed by atoms with Crippen molar-refractivity contribution in [1.29, 1.82) is 0 Å². The van der Waals surface area contributed by atoms with E-state index < -0.39 is 28.5 Å². The summed E-state index contributed by atoms with van der Waals surface area (Å²) in [5, 5.41) is 3.79. The average molecular weight is 583 g/mol. The standard InChI is InChI=1S/C27H33Cl2N3O5S/c1-18(27(35)30-23-9-5-4-6-10-23)31(16-21-12-13-22(28)15-25(21)29)26(34)17-32(38(3,36)37)24-11-7-8-20(14-24)19(2)33/h7-8,11-15,18,23H,4-6,9-10,16-17H2,1-3H3,(H,30,35). The van der Waals surface area contributed by atoms with Gasteiger partial charge in [-0.3, -0.25) is 18.7 Å². The van der Waals surface area contributed by atoms with Crippen LogP contribution in [0.15, 0.2) is 42.5 Å². The van der Waals surface area contributed by atoms with Gasteiger partial charge in [0.05, 0.1) is 11.9 Å². The monoisotopic (exact) mass is 581 g/mol. The van der Waals surface area contributed by atoms with Crippen molar-refractivity contribution >= 4 is 56.5 Å². The highest BCUT2D eigenvalue weighted by Gasteiger charge is 2.31. The van der Waals surface area contributed by atoms with Crippen LogP contribution < -0.4 is 9.62 Å². The van der Waals surface area contributed by atoms with Crippen LogP contribution in [0.25, 0.3) is 0 Å². The van der Waals surface area contributed by atoms with E-state index in [1.54, 1.807) is 37.3 Å². The first kappa shape index (κ1) is 29.9. The maximum Gasteiger partial charge on any atom is 0.244 e. The smallest absolute Gasteiger partial charge is 0.244 e. The Labute approximate surface area is 234 Å². The van der Waals surface area contributed by atoms with Crippen LogP contribution in [0.1, 0.15) is 61.9 Å². The third kappa shape index (κ3) is 7.94. The van der Waals surface area contributed by atoms with E-state index in [-0.39, 0.29) is 30.0 Å². The molecule has 0 saturated heterocycles. The van der Waals surface area contributed by atoms with Crippen molar-refractivity contribution in [1.82, 2.24) is 10.2 Å². The Bertz CT molecular complexity index is 1300. The minimum Gasteiger partial charge on any atom is -0.352 e. The van der Waals surface area contributed by atoms with Gasteiger partial charge in [0, 0.05) is 28.2 Å². The van der Waals surface area contributed by atoms with Gasteiger partial charge in [-0.05, 0) is 56.5 Å². The number of nitrogens with one attached hydrogen (secondary N) is 1. The third-order valence-electron chi connectivity index (χ3n) is 6.69. The van der Waals surface area contributed by atoms with Gasteiger partial charge in [-0.1, -0.05) is 60.7 Å². The lowest BCUT2D eigenvalue weighted by atomic mass is 9.95. The molecule has 1 fully saturated rings. The molecule has 0 radical (unpaired) electrons. The van der Waals surface area contributed by atoms with Crippen LogP contribution >= 0.6 is 23.2 Å². The fourth-order valence-corrected chi connectivity index (χ4v) is 5.79. The first-order valence-electron chi connectivity index (χ1n) is 12.5. The van der Waals surface area contributed by atoms with E-state index in [0.717, 1.165) is 42.7 Å². The second kappa shape index (κ2) is 13.0. The summed E-state index contributed by atoms with van der Waals surface area (Å²) in [6.45, 7) is 2.39. The summed E-state index contributed by atoms with van der Waals surface area (Å²) in [7, 11) is -3.91. The molecule has 1 aliphatic carbocycles. The highest BCUT2D eigenvalue weighted by molar-refractivity contribution is 7.92. The summed E-state index contributed by atoms with van der Waals surface area (Å²) in [5.41, 5.74) is 1.05. The molecule has 8 nitrogen and oxygen atoms in total. The van der Waals surface area contributed by atoms with Crippen molar-refractivity contribution in [2.24, 2.45) is 0 Å². The number of halogens is 2. The number of sulfonamides is 1. The largest absolute Gasteiger partial charge is 0.352 e. The number of Topliss-reactive ketones (excluding diaryl/α,β-unsaturated/α-hetero) is 1. The number of hydrogen-bond acceptors (Lipinski definition) is 5. The van der Waals surface area contributed by atoms with Crippen molar-refractivity contribution < 1.29 is 22.8 Å². The van der Waals surface area contributed by atoms with Crippen LogP contribution in [0.5, 0.6) is 0 Å². The number of ketones is 1. The number of amides is 2. The Balaban J connectivity index is 1.92. The van der Waals surface area contributed by atoms with Crippen molar-refractivity contribution in [3.63, 3.8) is 0 Å². The number of carbonyl (C=O) groups excluding carboxylic acids is 3. The molecule has 206 valence electrons. The highest BCUT2D eigenvalue weighted by Crippen LogP contribution is 2.25. The molecule has 1 aliphatic rings. The Morgan fingerprint density at radius 2 is 1.74 bits per heavy atom. The Morgan fingerprint density at radius 3 is 2.34 bits per heavy atom. The van der Waals surface area contributed by atoms with E-state index in [9.17, 15) is 22.8 Å². The van der Waals surface area contributed by atoms with Crippen molar-refractivity contribution in [2.75, 3.05) is 17.1 Å². The van der Waals surface area contributed by atoms with Gasteiger partial charge in [0.2, 0.25) is 21.8 Å². The SMILES string of the molecule is CC(=O)c1cccc(N(CC(=O)N(Cc2ccc(Cl)cc2Cl)C(C)C(=O)NC2CCCCC2)S(C)(=O)=O)c1. The van der Waals surface area contributed by atoms with Gasteiger partial charge in [0.1, 0.15) is 12.6 Å². The lowest BCUT2D eigenvalue weighted by molar-refractivity contribution is -0.139. The van der Waals surface area contributed by atoms with Crippen molar-refractivity contribution in [3.8, 4) is 0 Å². The summed E-state index contributed by atoms with van der Waals surface area (Å²) in [5.74, 6) is -1.15. The van der Waals surface area contributed by atoms with Crippen molar-refractivity contribution in [3.05, 3.63) is 63.6 Å². The molecular weight excluding hydrogens is 549 g/mol. The molecule has 0 aromatic heterocycles. The fourth-order valence-electron chi connectivity index (χ4n) is 4.48. The number of nitrogens with zero attached hydrogens (tertiary/aromatic N) is 2. The molecule has 2 amide bonds. The molecular formula is C27H33Cl2N3O5S. The first-order chi connectivity index (χ1) is 17.9. The minimum absolute atomic E-state index is 0.0286. The molecule has 11 heteroatoms. The molecule has 2 aromatic carbocycles. The molecule has 1 N–H and O–H groups in total. The normalized spacial score (nSPS) is 15.0. The lowest BCUT2D eigenvalue weighted by Crippen LogP contribution is -2.53. The molecule has 1 saturated carbocycles. The predicted molar refractivity (Wildman–Crippen MR) is 150 cm³/mol. The van der Waals surface area contributed by atoms with Crippen molar-refractivity contribution in [2.45, 2.75) is 64.6 Å². The van der Waals surface area contributed by atoms with E-state index in [0.29, 0.717) is 21.2 Å². The number of hydrogen-bond donors (Lipinski definition) is 1. The molecule has 3 rings (SSSR count). The van der Waals surface area contributed by atoms with Crippen LogP contribution in [0.2, 0.25) is 10.0 Å².